The van der Waals surface area contributed by atoms with E-state index < -0.39 is 18.1 Å². The van der Waals surface area contributed by atoms with Crippen molar-refractivity contribution in [3.8, 4) is 11.1 Å². The minimum absolute atomic E-state index is 0.0372. The quantitative estimate of drug-likeness (QED) is 0.439. The van der Waals surface area contributed by atoms with Gasteiger partial charge in [-0.15, -0.1) is 0 Å². The number of hydrogen-bond donors (Lipinski definition) is 1. The van der Waals surface area contributed by atoms with E-state index in [2.05, 4.69) is 24.0 Å². The van der Waals surface area contributed by atoms with E-state index >= 15 is 0 Å². The van der Waals surface area contributed by atoms with Crippen molar-refractivity contribution in [1.82, 2.24) is 10.2 Å². The maximum Gasteiger partial charge on any atom is 0.407 e. The molecule has 2 aromatic carbocycles. The lowest BCUT2D eigenvalue weighted by Crippen LogP contribution is -2.49. The summed E-state index contributed by atoms with van der Waals surface area (Å²) in [7, 11) is 1.63. The number of hydrogen-bond acceptors (Lipinski definition) is 5. The SMILES string of the molecule is C=CCOC(=O)CC(NC(=O)OCC1c2ccccc2-c2ccccc21)C(=O)N(C)CCC. The molecule has 0 spiro atoms. The van der Waals surface area contributed by atoms with Gasteiger partial charge in [0.25, 0.3) is 0 Å². The number of likely N-dealkylation sites (N-methyl/N-ethyl adjacent to an activating group) is 1. The molecule has 2 amide bonds. The minimum atomic E-state index is -1.07. The Bertz CT molecular complexity index is 974. The number of nitrogens with one attached hydrogen (secondary N) is 1. The summed E-state index contributed by atoms with van der Waals surface area (Å²) in [5, 5.41) is 2.56. The normalized spacial score (nSPS) is 12.8. The fourth-order valence-electron chi connectivity index (χ4n) is 4.07. The number of benzene rings is 2. The molecule has 7 nitrogen and oxygen atoms in total. The van der Waals surface area contributed by atoms with Gasteiger partial charge in [0.05, 0.1) is 6.42 Å². The van der Waals surface area contributed by atoms with Crippen LogP contribution in [0.5, 0.6) is 0 Å². The third-order valence-corrected chi connectivity index (χ3v) is 5.60. The van der Waals surface area contributed by atoms with Gasteiger partial charge in [0, 0.05) is 19.5 Å². The second-order valence-corrected chi connectivity index (χ2v) is 7.96. The van der Waals surface area contributed by atoms with Crippen LogP contribution in [0, 0.1) is 0 Å². The zero-order chi connectivity index (χ0) is 23.8. The van der Waals surface area contributed by atoms with Crippen LogP contribution in [-0.2, 0) is 19.1 Å². The van der Waals surface area contributed by atoms with Crippen molar-refractivity contribution in [2.24, 2.45) is 0 Å². The molecule has 3 rings (SSSR count). The lowest BCUT2D eigenvalue weighted by molar-refractivity contribution is -0.146. The topological polar surface area (TPSA) is 84.9 Å². The van der Waals surface area contributed by atoms with E-state index in [9.17, 15) is 14.4 Å². The van der Waals surface area contributed by atoms with Gasteiger partial charge in [-0.3, -0.25) is 9.59 Å². The second-order valence-electron chi connectivity index (χ2n) is 7.96. The van der Waals surface area contributed by atoms with Crippen molar-refractivity contribution in [3.05, 3.63) is 72.3 Å². The van der Waals surface area contributed by atoms with Gasteiger partial charge < -0.3 is 19.7 Å². The Morgan fingerprint density at radius 1 is 1.06 bits per heavy atom. The number of alkyl carbamates (subject to hydrolysis) is 1. The van der Waals surface area contributed by atoms with E-state index in [4.69, 9.17) is 9.47 Å². The molecule has 1 N–H and O–H groups in total. The number of amides is 2. The summed E-state index contributed by atoms with van der Waals surface area (Å²) in [5.74, 6) is -1.07. The van der Waals surface area contributed by atoms with E-state index in [1.54, 1.807) is 7.05 Å². The molecule has 0 bridgehead atoms. The van der Waals surface area contributed by atoms with Gasteiger partial charge in [0.2, 0.25) is 5.91 Å². The number of esters is 1. The molecule has 0 saturated carbocycles. The highest BCUT2D eigenvalue weighted by Crippen LogP contribution is 2.44. The number of carbonyl (C=O) groups excluding carboxylic acids is 3. The van der Waals surface area contributed by atoms with Crippen molar-refractivity contribution in [3.63, 3.8) is 0 Å². The van der Waals surface area contributed by atoms with Crippen LogP contribution in [0.25, 0.3) is 11.1 Å². The molecule has 2 aromatic rings. The Hall–Kier alpha value is -3.61. The maximum atomic E-state index is 12.8. The molecule has 0 radical (unpaired) electrons. The highest BCUT2D eigenvalue weighted by atomic mass is 16.5. The van der Waals surface area contributed by atoms with Crippen LogP contribution in [-0.4, -0.2) is 55.7 Å². The van der Waals surface area contributed by atoms with Crippen LogP contribution >= 0.6 is 0 Å². The highest BCUT2D eigenvalue weighted by molar-refractivity contribution is 5.89. The fraction of sp³-hybridized carbons (Fsp3) is 0.346. The molecule has 1 unspecified atom stereocenters. The van der Waals surface area contributed by atoms with E-state index in [-0.39, 0.29) is 31.5 Å². The molecule has 0 fully saturated rings. The molecule has 0 aliphatic heterocycles. The minimum Gasteiger partial charge on any atom is -0.461 e. The van der Waals surface area contributed by atoms with Gasteiger partial charge in [-0.1, -0.05) is 68.1 Å². The van der Waals surface area contributed by atoms with Gasteiger partial charge in [-0.2, -0.15) is 0 Å². The van der Waals surface area contributed by atoms with Crippen molar-refractivity contribution >= 4 is 18.0 Å². The van der Waals surface area contributed by atoms with E-state index in [0.717, 1.165) is 28.7 Å². The third kappa shape index (κ3) is 5.80. The van der Waals surface area contributed by atoms with Crippen molar-refractivity contribution in [2.45, 2.75) is 31.7 Å². The predicted molar refractivity (Wildman–Crippen MR) is 126 cm³/mol. The molecule has 33 heavy (non-hydrogen) atoms. The first-order chi connectivity index (χ1) is 16.0. The van der Waals surface area contributed by atoms with E-state index in [1.165, 1.54) is 11.0 Å². The molecule has 0 saturated heterocycles. The number of ether oxygens (including phenoxy) is 2. The van der Waals surface area contributed by atoms with Crippen molar-refractivity contribution in [2.75, 3.05) is 26.8 Å². The predicted octanol–water partition coefficient (Wildman–Crippen LogP) is 3.88. The van der Waals surface area contributed by atoms with Crippen LogP contribution in [0.1, 0.15) is 36.8 Å². The molecule has 1 aliphatic rings. The van der Waals surface area contributed by atoms with Crippen molar-refractivity contribution in [1.29, 1.82) is 0 Å². The zero-order valence-electron chi connectivity index (χ0n) is 19.1. The molecule has 0 aromatic heterocycles. The smallest absolute Gasteiger partial charge is 0.407 e. The average Bonchev–Trinajstić information content (AvgIpc) is 3.14. The van der Waals surface area contributed by atoms with Gasteiger partial charge in [0.15, 0.2) is 0 Å². The largest absolute Gasteiger partial charge is 0.461 e. The summed E-state index contributed by atoms with van der Waals surface area (Å²) < 4.78 is 10.5. The molecule has 7 heteroatoms. The Morgan fingerprint density at radius 2 is 1.67 bits per heavy atom. The number of rotatable bonds is 10. The van der Waals surface area contributed by atoms with Crippen LogP contribution in [0.15, 0.2) is 61.2 Å². The highest BCUT2D eigenvalue weighted by Gasteiger charge is 2.31. The summed E-state index contributed by atoms with van der Waals surface area (Å²) in [5.41, 5.74) is 4.44. The molecule has 1 aliphatic carbocycles. The first-order valence-electron chi connectivity index (χ1n) is 11.1. The number of fused-ring (bicyclic) bond motifs is 3. The van der Waals surface area contributed by atoms with Gasteiger partial charge in [-0.05, 0) is 28.7 Å². The monoisotopic (exact) mass is 450 g/mol. The summed E-state index contributed by atoms with van der Waals surface area (Å²) in [6.45, 7) is 6.10. The Labute approximate surface area is 194 Å². The number of carbonyl (C=O) groups is 3. The number of nitrogens with zero attached hydrogens (tertiary/aromatic N) is 1. The van der Waals surface area contributed by atoms with Crippen molar-refractivity contribution < 1.29 is 23.9 Å². The van der Waals surface area contributed by atoms with Crippen LogP contribution in [0.4, 0.5) is 4.79 Å². The van der Waals surface area contributed by atoms with Crippen LogP contribution < -0.4 is 5.32 Å². The van der Waals surface area contributed by atoms with Gasteiger partial charge in [0.1, 0.15) is 19.3 Å². The third-order valence-electron chi connectivity index (χ3n) is 5.60. The lowest BCUT2D eigenvalue weighted by atomic mass is 9.98. The Balaban J connectivity index is 1.68. The molecular weight excluding hydrogens is 420 g/mol. The van der Waals surface area contributed by atoms with Gasteiger partial charge >= 0.3 is 12.1 Å². The van der Waals surface area contributed by atoms with Gasteiger partial charge in [-0.25, -0.2) is 4.79 Å². The lowest BCUT2D eigenvalue weighted by Gasteiger charge is -2.24. The molecule has 174 valence electrons. The average molecular weight is 451 g/mol. The second kappa shape index (κ2) is 11.3. The standard InChI is InChI=1S/C26H30N2O5/c1-4-14-28(3)25(30)23(16-24(29)32-15-5-2)27-26(31)33-17-22-20-12-8-6-10-18(20)19-11-7-9-13-21(19)22/h5-13,22-23H,2,4,14-17H2,1,3H3,(H,27,31). The molecule has 0 heterocycles. The fourth-order valence-corrected chi connectivity index (χ4v) is 4.07. The molecular formula is C26H30N2O5. The van der Waals surface area contributed by atoms with Crippen LogP contribution in [0.3, 0.4) is 0 Å². The Morgan fingerprint density at radius 3 is 2.24 bits per heavy atom. The van der Waals surface area contributed by atoms with E-state index in [0.29, 0.717) is 6.54 Å². The summed E-state index contributed by atoms with van der Waals surface area (Å²) >= 11 is 0. The van der Waals surface area contributed by atoms with E-state index in [1.807, 2.05) is 43.3 Å². The summed E-state index contributed by atoms with van der Waals surface area (Å²) in [6.07, 6.45) is 1.15. The zero-order valence-corrected chi connectivity index (χ0v) is 19.1. The first kappa shape index (κ1) is 24.0. The Kier molecular flexibility index (Phi) is 8.24. The first-order valence-corrected chi connectivity index (χ1v) is 11.1. The van der Waals surface area contributed by atoms with Crippen LogP contribution in [0.2, 0.25) is 0 Å². The maximum absolute atomic E-state index is 12.8. The summed E-state index contributed by atoms with van der Waals surface area (Å²) in [4.78, 5) is 39.0. The summed E-state index contributed by atoms with van der Waals surface area (Å²) in [6, 6.07) is 15.0. The molecule has 1 atom stereocenters.